The number of hydrogen-bond acceptors (Lipinski definition) is 8. The number of carbonyl (C=O) groups is 1. The van der Waals surface area contributed by atoms with E-state index in [0.29, 0.717) is 36.5 Å². The molecule has 0 spiro atoms. The predicted molar refractivity (Wildman–Crippen MR) is 155 cm³/mol. The molecule has 3 aliphatic rings. The van der Waals surface area contributed by atoms with Crippen molar-refractivity contribution in [3.63, 3.8) is 0 Å². The van der Waals surface area contributed by atoms with Gasteiger partial charge in [0.2, 0.25) is 5.91 Å². The molecule has 1 N–H and O–H groups in total. The Labute approximate surface area is 237 Å². The number of likely N-dealkylation sites (N-methyl/N-ethyl adjacent to an activating group) is 1. The maximum absolute atomic E-state index is 16.5. The van der Waals surface area contributed by atoms with E-state index in [1.807, 2.05) is 29.2 Å². The first kappa shape index (κ1) is 25.9. The number of hydrogen-bond donors (Lipinski definition) is 1. The van der Waals surface area contributed by atoms with Crippen LogP contribution >= 0.6 is 0 Å². The van der Waals surface area contributed by atoms with Gasteiger partial charge in [-0.15, -0.1) is 0 Å². The normalized spacial score (nSPS) is 19.2. The largest absolute Gasteiger partial charge is 0.508 e. The molecular weight excluding hydrogens is 523 g/mol. The Kier molecular flexibility index (Phi) is 6.37. The fourth-order valence-corrected chi connectivity index (χ4v) is 6.83. The van der Waals surface area contributed by atoms with Crippen LogP contribution < -0.4 is 9.64 Å². The average molecular weight is 557 g/mol. The van der Waals surface area contributed by atoms with Crippen molar-refractivity contribution in [1.29, 1.82) is 0 Å². The second-order valence-corrected chi connectivity index (χ2v) is 11.5. The second kappa shape index (κ2) is 10.1. The summed E-state index contributed by atoms with van der Waals surface area (Å²) in [6, 6.07) is 10.8. The average Bonchev–Trinajstić information content (AvgIpc) is 3.51. The fourth-order valence-electron chi connectivity index (χ4n) is 6.83. The fraction of sp³-hybridized carbons (Fsp3) is 0.419. The summed E-state index contributed by atoms with van der Waals surface area (Å²) < 4.78 is 22.8. The highest BCUT2D eigenvalue weighted by atomic mass is 19.1. The van der Waals surface area contributed by atoms with E-state index in [0.717, 1.165) is 56.0 Å². The summed E-state index contributed by atoms with van der Waals surface area (Å²) in [6.07, 6.45) is 6.72. The van der Waals surface area contributed by atoms with Crippen LogP contribution in [-0.2, 0) is 4.79 Å². The van der Waals surface area contributed by atoms with Crippen molar-refractivity contribution < 1.29 is 19.0 Å². The first-order valence-electron chi connectivity index (χ1n) is 14.4. The smallest absolute Gasteiger partial charge is 0.319 e. The molecule has 9 nitrogen and oxygen atoms in total. The number of pyridine rings is 1. The van der Waals surface area contributed by atoms with Gasteiger partial charge in [-0.2, -0.15) is 9.97 Å². The highest BCUT2D eigenvalue weighted by Gasteiger charge is 2.45. The lowest BCUT2D eigenvalue weighted by Crippen LogP contribution is -2.43. The maximum atomic E-state index is 16.5. The van der Waals surface area contributed by atoms with E-state index >= 15 is 4.39 Å². The Morgan fingerprint density at radius 2 is 1.83 bits per heavy atom. The molecule has 2 aromatic carbocycles. The summed E-state index contributed by atoms with van der Waals surface area (Å²) in [5.41, 5.74) is 0.617. The van der Waals surface area contributed by atoms with Crippen LogP contribution in [0.1, 0.15) is 32.1 Å². The zero-order chi connectivity index (χ0) is 28.1. The number of ether oxygens (including phenoxy) is 1. The van der Waals surface area contributed by atoms with E-state index in [-0.39, 0.29) is 41.0 Å². The maximum Gasteiger partial charge on any atom is 0.319 e. The number of rotatable bonds is 5. The molecule has 4 aromatic rings. The lowest BCUT2D eigenvalue weighted by atomic mass is 9.95. The molecule has 0 saturated carbocycles. The minimum atomic E-state index is -0.619. The van der Waals surface area contributed by atoms with E-state index in [4.69, 9.17) is 9.72 Å². The number of amides is 1. The van der Waals surface area contributed by atoms with Crippen LogP contribution in [0, 0.1) is 5.82 Å². The summed E-state index contributed by atoms with van der Waals surface area (Å²) in [5.74, 6) is -0.179. The lowest BCUT2D eigenvalue weighted by molar-refractivity contribution is -0.127. The quantitative estimate of drug-likeness (QED) is 0.388. The monoisotopic (exact) mass is 556 g/mol. The molecule has 0 radical (unpaired) electrons. The first-order valence-corrected chi connectivity index (χ1v) is 14.4. The number of phenols is 1. The molecule has 3 fully saturated rings. The van der Waals surface area contributed by atoms with Gasteiger partial charge < -0.3 is 19.6 Å². The van der Waals surface area contributed by atoms with Crippen molar-refractivity contribution in [2.75, 3.05) is 51.3 Å². The molecule has 0 atom stereocenters. The van der Waals surface area contributed by atoms with Crippen LogP contribution in [0.5, 0.6) is 11.8 Å². The van der Waals surface area contributed by atoms with Crippen molar-refractivity contribution >= 4 is 33.4 Å². The highest BCUT2D eigenvalue weighted by molar-refractivity contribution is 6.00. The Bertz CT molecular complexity index is 1650. The van der Waals surface area contributed by atoms with Gasteiger partial charge in [-0.05, 0) is 68.1 Å². The minimum Gasteiger partial charge on any atom is -0.508 e. The third-order valence-electron chi connectivity index (χ3n) is 9.00. The van der Waals surface area contributed by atoms with Crippen molar-refractivity contribution in [1.82, 2.24) is 24.8 Å². The number of carbonyl (C=O) groups excluding carboxylic acids is 1. The van der Waals surface area contributed by atoms with E-state index in [9.17, 15) is 9.90 Å². The molecule has 2 aromatic heterocycles. The Morgan fingerprint density at radius 3 is 2.66 bits per heavy atom. The SMILES string of the molecule is CN1CCCN(c2nc(OCC34CCCN3CCC4)nc3c(F)c(-c4cc(O)cc5ccccc45)ncc23)CC1=O. The number of halogens is 1. The molecule has 5 heterocycles. The molecule has 1 amide bonds. The molecule has 0 unspecified atom stereocenters. The van der Waals surface area contributed by atoms with E-state index in [2.05, 4.69) is 14.9 Å². The van der Waals surface area contributed by atoms with Crippen molar-refractivity contribution in [2.45, 2.75) is 37.6 Å². The van der Waals surface area contributed by atoms with Crippen LogP contribution in [0.4, 0.5) is 10.2 Å². The molecule has 10 heteroatoms. The van der Waals surface area contributed by atoms with Crippen LogP contribution in [0.25, 0.3) is 32.9 Å². The molecular formula is C31H33FN6O3. The Hall–Kier alpha value is -4.05. The van der Waals surface area contributed by atoms with Gasteiger partial charge in [0.1, 0.15) is 29.4 Å². The van der Waals surface area contributed by atoms with Gasteiger partial charge in [0.15, 0.2) is 5.82 Å². The molecule has 41 heavy (non-hydrogen) atoms. The number of benzene rings is 2. The summed E-state index contributed by atoms with van der Waals surface area (Å²) in [5, 5.41) is 12.4. The summed E-state index contributed by atoms with van der Waals surface area (Å²) >= 11 is 0. The molecule has 3 aliphatic heterocycles. The van der Waals surface area contributed by atoms with E-state index < -0.39 is 5.82 Å². The van der Waals surface area contributed by atoms with Gasteiger partial charge in [-0.3, -0.25) is 14.7 Å². The zero-order valence-corrected chi connectivity index (χ0v) is 23.1. The Balaban J connectivity index is 1.36. The number of fused-ring (bicyclic) bond motifs is 3. The standard InChI is InChI=1S/C31H33FN6O3/c1-36-11-6-12-37(18-25(36)40)29-24-17-33-27(23-16-21(39)15-20-7-2-3-8-22(20)23)26(32)28(24)34-30(35-29)41-19-31-9-4-13-38(31)14-5-10-31/h2-3,7-8,15-17,39H,4-6,9-14,18-19H2,1H3. The van der Waals surface area contributed by atoms with Crippen molar-refractivity contribution in [3.05, 3.63) is 48.4 Å². The number of anilines is 1. The van der Waals surface area contributed by atoms with E-state index in [1.165, 1.54) is 6.07 Å². The molecule has 3 saturated heterocycles. The topological polar surface area (TPSA) is 94.9 Å². The number of nitrogens with zero attached hydrogens (tertiary/aromatic N) is 6. The van der Waals surface area contributed by atoms with Gasteiger partial charge in [0.25, 0.3) is 0 Å². The van der Waals surface area contributed by atoms with Gasteiger partial charge in [0.05, 0.1) is 17.5 Å². The van der Waals surface area contributed by atoms with Gasteiger partial charge in [0, 0.05) is 31.9 Å². The first-order chi connectivity index (χ1) is 19.9. The second-order valence-electron chi connectivity index (χ2n) is 11.5. The van der Waals surface area contributed by atoms with Gasteiger partial charge in [-0.1, -0.05) is 24.3 Å². The number of aromatic nitrogens is 3. The summed E-state index contributed by atoms with van der Waals surface area (Å²) in [6.45, 7) is 3.92. The predicted octanol–water partition coefficient (Wildman–Crippen LogP) is 4.37. The Morgan fingerprint density at radius 1 is 1.02 bits per heavy atom. The lowest BCUT2D eigenvalue weighted by Gasteiger charge is -2.31. The molecule has 0 bridgehead atoms. The van der Waals surface area contributed by atoms with Gasteiger partial charge >= 0.3 is 6.01 Å². The molecule has 7 rings (SSSR count). The van der Waals surface area contributed by atoms with Crippen LogP contribution in [-0.4, -0.2) is 87.7 Å². The number of phenolic OH excluding ortho intramolecular Hbond substituents is 1. The minimum absolute atomic E-state index is 0.0246. The van der Waals surface area contributed by atoms with Gasteiger partial charge in [-0.25, -0.2) is 4.39 Å². The molecule has 0 aliphatic carbocycles. The van der Waals surface area contributed by atoms with Crippen molar-refractivity contribution in [3.8, 4) is 23.0 Å². The third-order valence-corrected chi connectivity index (χ3v) is 9.00. The van der Waals surface area contributed by atoms with Crippen LogP contribution in [0.2, 0.25) is 0 Å². The summed E-state index contributed by atoms with van der Waals surface area (Å²) in [7, 11) is 1.79. The summed E-state index contributed by atoms with van der Waals surface area (Å²) in [4.78, 5) is 32.8. The highest BCUT2D eigenvalue weighted by Crippen LogP contribution is 2.40. The number of aromatic hydroxyl groups is 1. The van der Waals surface area contributed by atoms with Crippen LogP contribution in [0.3, 0.4) is 0 Å². The third kappa shape index (κ3) is 4.50. The van der Waals surface area contributed by atoms with E-state index in [1.54, 1.807) is 24.2 Å². The van der Waals surface area contributed by atoms with Crippen molar-refractivity contribution in [2.24, 2.45) is 0 Å². The zero-order valence-electron chi connectivity index (χ0n) is 23.1. The van der Waals surface area contributed by atoms with Crippen LogP contribution in [0.15, 0.2) is 42.6 Å². The molecule has 212 valence electrons.